The Balaban J connectivity index is 1.70. The molecule has 1 aliphatic carbocycles. The number of amides is 1. The van der Waals surface area contributed by atoms with Gasteiger partial charge in [0.1, 0.15) is 22.6 Å². The molecule has 1 aliphatic rings. The number of thiophene rings is 1. The number of hydrogen-bond acceptors (Lipinski definition) is 5. The van der Waals surface area contributed by atoms with Crippen molar-refractivity contribution in [1.29, 1.82) is 5.26 Å². The molecule has 142 valence electrons. The lowest BCUT2D eigenvalue weighted by molar-refractivity contribution is -0.116. The summed E-state index contributed by atoms with van der Waals surface area (Å²) in [5, 5.41) is 13.2. The summed E-state index contributed by atoms with van der Waals surface area (Å²) >= 11 is 1.55. The minimum absolute atomic E-state index is 0.0944. The molecule has 2 aromatic rings. The molecule has 0 fully saturated rings. The van der Waals surface area contributed by atoms with E-state index in [-0.39, 0.29) is 5.91 Å². The number of methoxy groups -OCH3 is 2. The third-order valence-electron chi connectivity index (χ3n) is 4.99. The van der Waals surface area contributed by atoms with Crippen LogP contribution in [0, 0.1) is 17.2 Å². The van der Waals surface area contributed by atoms with Crippen LogP contribution in [0.2, 0.25) is 0 Å². The molecular formula is C21H24N2O3S. The molecule has 3 rings (SSSR count). The Hall–Kier alpha value is -2.52. The number of carbonyl (C=O) groups excluding carboxylic acids is 1. The summed E-state index contributed by atoms with van der Waals surface area (Å²) in [6.45, 7) is 2.23. The van der Waals surface area contributed by atoms with Gasteiger partial charge in [-0.3, -0.25) is 4.79 Å². The minimum Gasteiger partial charge on any atom is -0.497 e. The van der Waals surface area contributed by atoms with Crippen LogP contribution >= 0.6 is 11.3 Å². The summed E-state index contributed by atoms with van der Waals surface area (Å²) in [5.41, 5.74) is 2.70. The zero-order valence-electron chi connectivity index (χ0n) is 15.9. The molecule has 0 aliphatic heterocycles. The number of anilines is 1. The Morgan fingerprint density at radius 1 is 1.37 bits per heavy atom. The molecule has 1 aromatic carbocycles. The lowest BCUT2D eigenvalue weighted by atomic mass is 9.88. The highest BCUT2D eigenvalue weighted by atomic mass is 32.1. The molecule has 1 aromatic heterocycles. The second-order valence-corrected chi connectivity index (χ2v) is 8.00. The first-order valence-electron chi connectivity index (χ1n) is 9.11. The Morgan fingerprint density at radius 2 is 2.19 bits per heavy atom. The standard InChI is InChI=1S/C21H24N2O3S/c1-13-4-7-16-17(12-22)21(27-19(16)10-13)23-20(24)9-5-14-11-15(25-2)6-8-18(14)26-3/h6,8,11,13H,4-5,7,9-10H2,1-3H3,(H,23,24). The maximum absolute atomic E-state index is 12.5. The normalized spacial score (nSPS) is 15.6. The van der Waals surface area contributed by atoms with Crippen molar-refractivity contribution in [2.75, 3.05) is 19.5 Å². The number of nitrogens with one attached hydrogen (secondary N) is 1. The van der Waals surface area contributed by atoms with Gasteiger partial charge in [-0.05, 0) is 60.9 Å². The first-order chi connectivity index (χ1) is 13.0. The largest absolute Gasteiger partial charge is 0.497 e. The zero-order valence-corrected chi connectivity index (χ0v) is 16.7. The molecule has 1 atom stereocenters. The SMILES string of the molecule is COc1ccc(OC)c(CCC(=O)Nc2sc3c(c2C#N)CCC(C)C3)c1. The summed E-state index contributed by atoms with van der Waals surface area (Å²) in [6.07, 6.45) is 3.86. The van der Waals surface area contributed by atoms with E-state index in [1.807, 2.05) is 18.2 Å². The predicted octanol–water partition coefficient (Wildman–Crippen LogP) is 4.33. The molecule has 5 nitrogen and oxygen atoms in total. The van der Waals surface area contributed by atoms with Crippen molar-refractivity contribution in [2.24, 2.45) is 5.92 Å². The van der Waals surface area contributed by atoms with Crippen LogP contribution in [0.25, 0.3) is 0 Å². The summed E-state index contributed by atoms with van der Waals surface area (Å²) < 4.78 is 10.6. The van der Waals surface area contributed by atoms with Crippen LogP contribution in [0.15, 0.2) is 18.2 Å². The average Bonchev–Trinajstić information content (AvgIpc) is 3.01. The second-order valence-electron chi connectivity index (χ2n) is 6.89. The molecule has 0 bridgehead atoms. The minimum atomic E-state index is -0.0944. The fourth-order valence-electron chi connectivity index (χ4n) is 3.47. The van der Waals surface area contributed by atoms with Crippen LogP contribution in [-0.4, -0.2) is 20.1 Å². The quantitative estimate of drug-likeness (QED) is 0.804. The number of rotatable bonds is 6. The van der Waals surface area contributed by atoms with Crippen molar-refractivity contribution in [1.82, 2.24) is 0 Å². The highest BCUT2D eigenvalue weighted by Gasteiger charge is 2.24. The Labute approximate surface area is 163 Å². The molecule has 0 saturated heterocycles. The number of hydrogen-bond donors (Lipinski definition) is 1. The first kappa shape index (κ1) is 19.2. The van der Waals surface area contributed by atoms with Crippen molar-refractivity contribution in [2.45, 2.75) is 39.0 Å². The van der Waals surface area contributed by atoms with E-state index < -0.39 is 0 Å². The van der Waals surface area contributed by atoms with Gasteiger partial charge in [-0.15, -0.1) is 11.3 Å². The molecule has 0 spiro atoms. The highest BCUT2D eigenvalue weighted by Crippen LogP contribution is 2.39. The molecule has 27 heavy (non-hydrogen) atoms. The van der Waals surface area contributed by atoms with Crippen LogP contribution in [0.4, 0.5) is 5.00 Å². The third kappa shape index (κ3) is 4.25. The number of benzene rings is 1. The molecule has 1 heterocycles. The van der Waals surface area contributed by atoms with Crippen molar-refractivity contribution < 1.29 is 14.3 Å². The number of nitriles is 1. The molecule has 1 amide bonds. The van der Waals surface area contributed by atoms with E-state index in [1.54, 1.807) is 25.6 Å². The van der Waals surface area contributed by atoms with Crippen molar-refractivity contribution in [3.8, 4) is 17.6 Å². The molecule has 1 N–H and O–H groups in total. The number of carbonyl (C=O) groups is 1. The molecule has 1 unspecified atom stereocenters. The number of ether oxygens (including phenoxy) is 2. The van der Waals surface area contributed by atoms with Crippen LogP contribution in [0.3, 0.4) is 0 Å². The summed E-state index contributed by atoms with van der Waals surface area (Å²) in [4.78, 5) is 13.7. The smallest absolute Gasteiger partial charge is 0.225 e. The van der Waals surface area contributed by atoms with Gasteiger partial charge in [0, 0.05) is 11.3 Å². The zero-order chi connectivity index (χ0) is 19.4. The third-order valence-corrected chi connectivity index (χ3v) is 6.16. The number of nitrogens with zero attached hydrogens (tertiary/aromatic N) is 1. The van der Waals surface area contributed by atoms with Gasteiger partial charge in [-0.25, -0.2) is 0 Å². The number of fused-ring (bicyclic) bond motifs is 1. The summed E-state index contributed by atoms with van der Waals surface area (Å²) in [7, 11) is 3.23. The molecular weight excluding hydrogens is 360 g/mol. The van der Waals surface area contributed by atoms with Gasteiger partial charge < -0.3 is 14.8 Å². The van der Waals surface area contributed by atoms with Gasteiger partial charge in [0.25, 0.3) is 0 Å². The van der Waals surface area contributed by atoms with E-state index in [0.717, 1.165) is 41.9 Å². The van der Waals surface area contributed by atoms with E-state index >= 15 is 0 Å². The number of aryl methyl sites for hydroxylation is 1. The topological polar surface area (TPSA) is 71.3 Å². The van der Waals surface area contributed by atoms with Crippen molar-refractivity contribution >= 4 is 22.2 Å². The Morgan fingerprint density at radius 3 is 2.89 bits per heavy atom. The Bertz CT molecular complexity index is 882. The van der Waals surface area contributed by atoms with E-state index in [1.165, 1.54) is 4.88 Å². The van der Waals surface area contributed by atoms with E-state index in [2.05, 4.69) is 18.3 Å². The van der Waals surface area contributed by atoms with Crippen LogP contribution in [0.5, 0.6) is 11.5 Å². The van der Waals surface area contributed by atoms with Gasteiger partial charge in [-0.2, -0.15) is 5.26 Å². The van der Waals surface area contributed by atoms with Crippen LogP contribution in [0.1, 0.15) is 41.3 Å². The first-order valence-corrected chi connectivity index (χ1v) is 9.92. The van der Waals surface area contributed by atoms with Crippen molar-refractivity contribution in [3.63, 3.8) is 0 Å². The van der Waals surface area contributed by atoms with Gasteiger partial charge in [0.05, 0.1) is 19.8 Å². The summed E-state index contributed by atoms with van der Waals surface area (Å²) in [6, 6.07) is 7.85. The summed E-state index contributed by atoms with van der Waals surface area (Å²) in [5.74, 6) is 2.01. The van der Waals surface area contributed by atoms with E-state index in [9.17, 15) is 10.1 Å². The van der Waals surface area contributed by atoms with Crippen molar-refractivity contribution in [3.05, 3.63) is 39.8 Å². The second kappa shape index (κ2) is 8.45. The van der Waals surface area contributed by atoms with Gasteiger partial charge in [0.2, 0.25) is 5.91 Å². The Kier molecular flexibility index (Phi) is 6.02. The lowest BCUT2D eigenvalue weighted by Gasteiger charge is -2.17. The predicted molar refractivity (Wildman–Crippen MR) is 107 cm³/mol. The van der Waals surface area contributed by atoms with E-state index in [4.69, 9.17) is 9.47 Å². The van der Waals surface area contributed by atoms with Gasteiger partial charge in [-0.1, -0.05) is 6.92 Å². The fraction of sp³-hybridized carbons (Fsp3) is 0.429. The molecule has 0 radical (unpaired) electrons. The maximum Gasteiger partial charge on any atom is 0.225 e. The van der Waals surface area contributed by atoms with Gasteiger partial charge in [0.15, 0.2) is 0 Å². The monoisotopic (exact) mass is 384 g/mol. The van der Waals surface area contributed by atoms with Gasteiger partial charge >= 0.3 is 0 Å². The maximum atomic E-state index is 12.5. The fourth-order valence-corrected chi connectivity index (χ4v) is 4.85. The van der Waals surface area contributed by atoms with Crippen LogP contribution < -0.4 is 14.8 Å². The highest BCUT2D eigenvalue weighted by molar-refractivity contribution is 7.16. The molecule has 6 heteroatoms. The lowest BCUT2D eigenvalue weighted by Crippen LogP contribution is -2.13. The molecule has 0 saturated carbocycles. The van der Waals surface area contributed by atoms with E-state index in [0.29, 0.717) is 29.3 Å². The average molecular weight is 385 g/mol. The van der Waals surface area contributed by atoms with Crippen LogP contribution in [-0.2, 0) is 24.1 Å².